The number of ether oxygens (including phenoxy) is 2. The van der Waals surface area contributed by atoms with Crippen molar-refractivity contribution in [1.82, 2.24) is 4.72 Å². The summed E-state index contributed by atoms with van der Waals surface area (Å²) in [6.45, 7) is 3.69. The van der Waals surface area contributed by atoms with Crippen molar-refractivity contribution in [3.05, 3.63) is 16.6 Å². The normalized spacial score (nSPS) is 12.4. The molecule has 0 atom stereocenters. The Kier molecular flexibility index (Phi) is 5.42. The minimum atomic E-state index is -3.74. The third-order valence-electron chi connectivity index (χ3n) is 2.81. The first-order valence-corrected chi connectivity index (χ1v) is 8.08. The van der Waals surface area contributed by atoms with Crippen molar-refractivity contribution in [2.75, 3.05) is 26.5 Å². The molecule has 0 bridgehead atoms. The van der Waals surface area contributed by atoms with Crippen molar-refractivity contribution in [3.63, 3.8) is 0 Å². The molecule has 0 spiro atoms. The average Bonchev–Trinajstić information content (AvgIpc) is 2.39. The van der Waals surface area contributed by atoms with Gasteiger partial charge in [-0.05, 0) is 41.9 Å². The number of nitrogens with one attached hydrogen (secondary N) is 1. The second-order valence-corrected chi connectivity index (χ2v) is 7.40. The molecule has 0 unspecified atom stereocenters. The van der Waals surface area contributed by atoms with Gasteiger partial charge >= 0.3 is 0 Å². The lowest BCUT2D eigenvalue weighted by Crippen LogP contribution is -2.39. The molecule has 1 aromatic carbocycles. The molecule has 3 N–H and O–H groups in total. The van der Waals surface area contributed by atoms with Gasteiger partial charge in [0.1, 0.15) is 10.6 Å². The topological polar surface area (TPSA) is 90.7 Å². The second-order valence-electron chi connectivity index (χ2n) is 4.81. The summed E-state index contributed by atoms with van der Waals surface area (Å²) in [6.07, 6.45) is 0. The van der Waals surface area contributed by atoms with Crippen molar-refractivity contribution in [1.29, 1.82) is 0 Å². The SMILES string of the molecule is COc1cc(Br)c(N)cc1S(=O)(=O)NCC(C)(C)OC. The zero-order valence-corrected chi connectivity index (χ0v) is 14.3. The molecule has 0 amide bonds. The van der Waals surface area contributed by atoms with E-state index in [0.717, 1.165) is 0 Å². The van der Waals surface area contributed by atoms with Gasteiger partial charge in [-0.25, -0.2) is 13.1 Å². The molecular weight excluding hydrogens is 348 g/mol. The highest BCUT2D eigenvalue weighted by atomic mass is 79.9. The standard InChI is InChI=1S/C12H19BrN2O4S/c1-12(2,19-4)7-15-20(16,17)11-6-9(14)8(13)5-10(11)18-3/h5-6,15H,7,14H2,1-4H3. The third kappa shape index (κ3) is 4.08. The van der Waals surface area contributed by atoms with Crippen LogP contribution in [0, 0.1) is 0 Å². The maximum Gasteiger partial charge on any atom is 0.244 e. The monoisotopic (exact) mass is 366 g/mol. The Balaban J connectivity index is 3.13. The fourth-order valence-electron chi connectivity index (χ4n) is 1.34. The Morgan fingerprint density at radius 3 is 2.45 bits per heavy atom. The van der Waals surface area contributed by atoms with Crippen LogP contribution < -0.4 is 15.2 Å². The van der Waals surface area contributed by atoms with Gasteiger partial charge in [0.2, 0.25) is 10.0 Å². The summed E-state index contributed by atoms with van der Waals surface area (Å²) >= 11 is 3.23. The van der Waals surface area contributed by atoms with Crippen LogP contribution in [0.2, 0.25) is 0 Å². The highest BCUT2D eigenvalue weighted by Gasteiger charge is 2.25. The van der Waals surface area contributed by atoms with E-state index >= 15 is 0 Å². The van der Waals surface area contributed by atoms with E-state index in [4.69, 9.17) is 15.2 Å². The number of rotatable bonds is 6. The fourth-order valence-corrected chi connectivity index (χ4v) is 3.04. The molecule has 8 heteroatoms. The van der Waals surface area contributed by atoms with E-state index in [1.165, 1.54) is 26.4 Å². The number of hydrogen-bond acceptors (Lipinski definition) is 5. The van der Waals surface area contributed by atoms with Crippen LogP contribution in [0.25, 0.3) is 0 Å². The summed E-state index contributed by atoms with van der Waals surface area (Å²) in [5, 5.41) is 0. The molecule has 0 radical (unpaired) electrons. The van der Waals surface area contributed by atoms with Gasteiger partial charge in [0, 0.05) is 23.8 Å². The van der Waals surface area contributed by atoms with Gasteiger partial charge in [0.25, 0.3) is 0 Å². The molecule has 6 nitrogen and oxygen atoms in total. The van der Waals surface area contributed by atoms with Crippen molar-refractivity contribution < 1.29 is 17.9 Å². The molecule has 0 aliphatic heterocycles. The zero-order valence-electron chi connectivity index (χ0n) is 11.9. The van der Waals surface area contributed by atoms with Gasteiger partial charge in [-0.3, -0.25) is 0 Å². The van der Waals surface area contributed by atoms with Crippen LogP contribution in [0.5, 0.6) is 5.75 Å². The van der Waals surface area contributed by atoms with Crippen molar-refractivity contribution in [3.8, 4) is 5.75 Å². The van der Waals surface area contributed by atoms with E-state index in [1.54, 1.807) is 13.8 Å². The van der Waals surface area contributed by atoms with Crippen molar-refractivity contribution in [2.24, 2.45) is 0 Å². The van der Waals surface area contributed by atoms with Crippen LogP contribution in [0.3, 0.4) is 0 Å². The second kappa shape index (κ2) is 6.30. The fraction of sp³-hybridized carbons (Fsp3) is 0.500. The minimum absolute atomic E-state index is 0.00685. The minimum Gasteiger partial charge on any atom is -0.495 e. The molecule has 0 aromatic heterocycles. The van der Waals surface area contributed by atoms with Crippen LogP contribution in [0.1, 0.15) is 13.8 Å². The maximum atomic E-state index is 12.3. The van der Waals surface area contributed by atoms with Crippen LogP contribution in [0.15, 0.2) is 21.5 Å². The number of hydrogen-bond donors (Lipinski definition) is 2. The predicted molar refractivity (Wildman–Crippen MR) is 81.4 cm³/mol. The number of nitrogens with two attached hydrogens (primary N) is 1. The molecule has 114 valence electrons. The highest BCUT2D eigenvalue weighted by Crippen LogP contribution is 2.32. The molecule has 1 aromatic rings. The van der Waals surface area contributed by atoms with Crippen LogP contribution in [-0.4, -0.2) is 34.8 Å². The van der Waals surface area contributed by atoms with Gasteiger partial charge in [0.05, 0.1) is 12.7 Å². The summed E-state index contributed by atoms with van der Waals surface area (Å²) in [5.41, 5.74) is 5.44. The number of sulfonamides is 1. The Hall–Kier alpha value is -0.830. The zero-order chi connectivity index (χ0) is 15.6. The number of halogens is 1. The Labute approximate surface area is 127 Å². The van der Waals surface area contributed by atoms with E-state index in [-0.39, 0.29) is 17.2 Å². The van der Waals surface area contributed by atoms with E-state index in [2.05, 4.69) is 20.7 Å². The largest absolute Gasteiger partial charge is 0.495 e. The summed E-state index contributed by atoms with van der Waals surface area (Å²) in [5.74, 6) is 0.216. The van der Waals surface area contributed by atoms with Crippen LogP contribution in [-0.2, 0) is 14.8 Å². The molecule has 1 rings (SSSR count). The summed E-state index contributed by atoms with van der Waals surface area (Å²) in [4.78, 5) is -0.00685. The lowest BCUT2D eigenvalue weighted by Gasteiger charge is -2.23. The average molecular weight is 367 g/mol. The molecule has 0 aliphatic carbocycles. The summed E-state index contributed by atoms with van der Waals surface area (Å²) in [6, 6.07) is 2.87. The number of anilines is 1. The van der Waals surface area contributed by atoms with Gasteiger partial charge in [-0.2, -0.15) is 0 Å². The first-order valence-electron chi connectivity index (χ1n) is 5.81. The van der Waals surface area contributed by atoms with E-state index < -0.39 is 15.6 Å². The van der Waals surface area contributed by atoms with Gasteiger partial charge in [0.15, 0.2) is 0 Å². The lowest BCUT2D eigenvalue weighted by atomic mass is 10.1. The quantitative estimate of drug-likeness (QED) is 0.748. The lowest BCUT2D eigenvalue weighted by molar-refractivity contribution is 0.0276. The van der Waals surface area contributed by atoms with Gasteiger partial charge in [-0.1, -0.05) is 0 Å². The van der Waals surface area contributed by atoms with E-state index in [0.29, 0.717) is 10.2 Å². The molecule has 0 aliphatic rings. The van der Waals surface area contributed by atoms with Gasteiger partial charge in [-0.15, -0.1) is 0 Å². The van der Waals surface area contributed by atoms with E-state index in [9.17, 15) is 8.42 Å². The number of nitrogen functional groups attached to an aromatic ring is 1. The molecule has 0 saturated heterocycles. The Bertz CT molecular complexity index is 587. The molecular formula is C12H19BrN2O4S. The smallest absolute Gasteiger partial charge is 0.244 e. The molecule has 0 fully saturated rings. The Morgan fingerprint density at radius 1 is 1.35 bits per heavy atom. The predicted octanol–water partition coefficient (Wildman–Crippen LogP) is 1.74. The van der Waals surface area contributed by atoms with Crippen LogP contribution >= 0.6 is 15.9 Å². The number of benzene rings is 1. The first kappa shape index (κ1) is 17.2. The third-order valence-corrected chi connectivity index (χ3v) is 4.92. The van der Waals surface area contributed by atoms with Gasteiger partial charge < -0.3 is 15.2 Å². The molecule has 0 saturated carbocycles. The Morgan fingerprint density at radius 2 is 1.95 bits per heavy atom. The maximum absolute atomic E-state index is 12.3. The summed E-state index contributed by atoms with van der Waals surface area (Å²) in [7, 11) is -0.822. The molecule has 0 heterocycles. The van der Waals surface area contributed by atoms with Crippen molar-refractivity contribution >= 4 is 31.6 Å². The first-order chi connectivity index (χ1) is 9.13. The van der Waals surface area contributed by atoms with Crippen LogP contribution in [0.4, 0.5) is 5.69 Å². The summed E-state index contributed by atoms with van der Waals surface area (Å²) < 4.78 is 38.0. The highest BCUT2D eigenvalue weighted by molar-refractivity contribution is 9.10. The number of methoxy groups -OCH3 is 2. The molecule has 20 heavy (non-hydrogen) atoms. The van der Waals surface area contributed by atoms with Crippen molar-refractivity contribution in [2.45, 2.75) is 24.3 Å². The van der Waals surface area contributed by atoms with E-state index in [1.807, 2.05) is 0 Å².